The molecule has 0 unspecified atom stereocenters. The topological polar surface area (TPSA) is 116 Å². The molecule has 0 saturated carbocycles. The van der Waals surface area contributed by atoms with Gasteiger partial charge in [0.05, 0.1) is 5.75 Å². The summed E-state index contributed by atoms with van der Waals surface area (Å²) in [6.07, 6.45) is 1.52. The van der Waals surface area contributed by atoms with Crippen molar-refractivity contribution in [3.63, 3.8) is 0 Å². The fourth-order valence-corrected chi connectivity index (χ4v) is 4.60. The molecule has 0 radical (unpaired) electrons. The number of amides is 4. The predicted octanol–water partition coefficient (Wildman–Crippen LogP) is 6.44. The lowest BCUT2D eigenvalue weighted by molar-refractivity contribution is -0.114. The van der Waals surface area contributed by atoms with Gasteiger partial charge in [0.2, 0.25) is 11.8 Å². The molecule has 4 aromatic carbocycles. The number of benzene rings is 4. The van der Waals surface area contributed by atoms with Crippen LogP contribution in [0.2, 0.25) is 5.02 Å². The zero-order valence-corrected chi connectivity index (χ0v) is 24.1. The summed E-state index contributed by atoms with van der Waals surface area (Å²) in [5.74, 6) is -1.14. The van der Waals surface area contributed by atoms with Crippen molar-refractivity contribution < 1.29 is 19.2 Å². The molecule has 0 aliphatic rings. The molecule has 0 fully saturated rings. The van der Waals surface area contributed by atoms with Crippen molar-refractivity contribution in [2.45, 2.75) is 11.8 Å². The van der Waals surface area contributed by atoms with Gasteiger partial charge in [0.15, 0.2) is 0 Å². The number of rotatable bonds is 10. The highest BCUT2D eigenvalue weighted by Crippen LogP contribution is 2.22. The van der Waals surface area contributed by atoms with E-state index < -0.39 is 11.8 Å². The first-order valence-corrected chi connectivity index (χ1v) is 14.2. The van der Waals surface area contributed by atoms with Gasteiger partial charge in [-0.05, 0) is 78.4 Å². The molecule has 0 atom stereocenters. The number of nitrogens with one attached hydrogen (secondary N) is 4. The Balaban J connectivity index is 1.37. The van der Waals surface area contributed by atoms with Crippen molar-refractivity contribution in [3.8, 4) is 0 Å². The van der Waals surface area contributed by atoms with E-state index in [1.54, 1.807) is 103 Å². The van der Waals surface area contributed by atoms with E-state index in [0.717, 1.165) is 4.90 Å². The van der Waals surface area contributed by atoms with Gasteiger partial charge in [-0.3, -0.25) is 19.2 Å². The molecule has 0 heterocycles. The summed E-state index contributed by atoms with van der Waals surface area (Å²) in [6.45, 7) is 1.43. The minimum absolute atomic E-state index is 0.0252. The summed E-state index contributed by atoms with van der Waals surface area (Å²) in [7, 11) is 0. The fraction of sp³-hybridized carbons (Fsp3) is 0.0625. The maximum absolute atomic E-state index is 13.2. The second-order valence-corrected chi connectivity index (χ2v) is 10.4. The Hall–Kier alpha value is -4.86. The SMILES string of the molecule is CC(=O)Nc1ccc(NC(=O)CSc2ccc(NC(=O)/C(=C/c3ccccc3Cl)NC(=O)c3ccccc3)cc2)cc1. The first-order valence-electron chi connectivity index (χ1n) is 12.8. The highest BCUT2D eigenvalue weighted by Gasteiger charge is 2.16. The van der Waals surface area contributed by atoms with Gasteiger partial charge in [0.25, 0.3) is 11.8 Å². The molecule has 212 valence electrons. The molecule has 0 bridgehead atoms. The van der Waals surface area contributed by atoms with Crippen LogP contribution in [0, 0.1) is 0 Å². The number of anilines is 3. The molecule has 0 aliphatic carbocycles. The first kappa shape index (κ1) is 30.1. The van der Waals surface area contributed by atoms with Crippen LogP contribution in [-0.4, -0.2) is 29.4 Å². The Kier molecular flexibility index (Phi) is 10.5. The number of carbonyl (C=O) groups excluding carboxylic acids is 4. The van der Waals surface area contributed by atoms with Gasteiger partial charge in [-0.25, -0.2) is 0 Å². The summed E-state index contributed by atoms with van der Waals surface area (Å²) >= 11 is 7.63. The third-order valence-corrected chi connectivity index (χ3v) is 7.06. The molecule has 42 heavy (non-hydrogen) atoms. The minimum atomic E-state index is -0.525. The highest BCUT2D eigenvalue weighted by atomic mass is 35.5. The first-order chi connectivity index (χ1) is 20.3. The van der Waals surface area contributed by atoms with E-state index in [-0.39, 0.29) is 23.3 Å². The average molecular weight is 599 g/mol. The molecule has 0 aliphatic heterocycles. The van der Waals surface area contributed by atoms with Crippen molar-refractivity contribution in [2.24, 2.45) is 0 Å². The number of hydrogen-bond donors (Lipinski definition) is 4. The molecular formula is C32H27ClN4O4S. The number of thioether (sulfide) groups is 1. The summed E-state index contributed by atoms with van der Waals surface area (Å²) in [5, 5.41) is 11.4. The van der Waals surface area contributed by atoms with Gasteiger partial charge in [-0.1, -0.05) is 48.0 Å². The van der Waals surface area contributed by atoms with Crippen LogP contribution in [0.5, 0.6) is 0 Å². The van der Waals surface area contributed by atoms with Gasteiger partial charge in [0, 0.05) is 39.5 Å². The van der Waals surface area contributed by atoms with Gasteiger partial charge in [0.1, 0.15) is 5.70 Å². The molecule has 8 nitrogen and oxygen atoms in total. The van der Waals surface area contributed by atoms with Crippen molar-refractivity contribution >= 4 is 70.1 Å². The monoisotopic (exact) mass is 598 g/mol. The molecule has 0 saturated heterocycles. The maximum Gasteiger partial charge on any atom is 0.272 e. The van der Waals surface area contributed by atoms with Crippen LogP contribution in [0.1, 0.15) is 22.8 Å². The third kappa shape index (κ3) is 9.09. The van der Waals surface area contributed by atoms with Crippen LogP contribution in [0.3, 0.4) is 0 Å². The Morgan fingerprint density at radius 1 is 0.714 bits per heavy atom. The molecule has 0 spiro atoms. The Morgan fingerprint density at radius 2 is 1.29 bits per heavy atom. The van der Waals surface area contributed by atoms with Crippen molar-refractivity contribution in [2.75, 3.05) is 21.7 Å². The van der Waals surface area contributed by atoms with Crippen molar-refractivity contribution in [1.29, 1.82) is 0 Å². The standard InChI is InChI=1S/C32H27ClN4O4S/c1-21(38)34-24-11-13-25(14-12-24)35-30(39)20-42-27-17-15-26(16-18-27)36-32(41)29(19-23-9-5-6-10-28(23)33)37-31(40)22-7-3-2-4-8-22/h2-19H,20H2,1H3,(H,34,38)(H,35,39)(H,36,41)(H,37,40)/b29-19-. The van der Waals surface area contributed by atoms with Gasteiger partial charge in [-0.2, -0.15) is 0 Å². The molecular weight excluding hydrogens is 572 g/mol. The molecule has 4 aromatic rings. The largest absolute Gasteiger partial charge is 0.326 e. The Labute approximate surface area is 252 Å². The van der Waals surface area contributed by atoms with E-state index in [1.165, 1.54) is 24.8 Å². The van der Waals surface area contributed by atoms with Crippen LogP contribution in [0.25, 0.3) is 6.08 Å². The number of carbonyl (C=O) groups is 4. The molecule has 0 aromatic heterocycles. The van der Waals surface area contributed by atoms with Crippen LogP contribution < -0.4 is 21.3 Å². The van der Waals surface area contributed by atoms with Crippen LogP contribution in [0.4, 0.5) is 17.1 Å². The van der Waals surface area contributed by atoms with E-state index in [0.29, 0.717) is 33.2 Å². The van der Waals surface area contributed by atoms with Gasteiger partial charge >= 0.3 is 0 Å². The van der Waals surface area contributed by atoms with E-state index in [4.69, 9.17) is 11.6 Å². The average Bonchev–Trinajstić information content (AvgIpc) is 2.98. The highest BCUT2D eigenvalue weighted by molar-refractivity contribution is 8.00. The lowest BCUT2D eigenvalue weighted by Crippen LogP contribution is -2.30. The Bertz CT molecular complexity index is 1610. The quantitative estimate of drug-likeness (QED) is 0.124. The van der Waals surface area contributed by atoms with Crippen molar-refractivity contribution in [1.82, 2.24) is 5.32 Å². The molecule has 4 N–H and O–H groups in total. The summed E-state index contributed by atoms with van der Waals surface area (Å²) in [6, 6.07) is 29.4. The van der Waals surface area contributed by atoms with E-state index >= 15 is 0 Å². The van der Waals surface area contributed by atoms with Gasteiger partial charge < -0.3 is 21.3 Å². The fourth-order valence-electron chi connectivity index (χ4n) is 3.71. The van der Waals surface area contributed by atoms with E-state index in [2.05, 4.69) is 21.3 Å². The third-order valence-electron chi connectivity index (χ3n) is 5.71. The maximum atomic E-state index is 13.2. The smallest absolute Gasteiger partial charge is 0.272 e. The summed E-state index contributed by atoms with van der Waals surface area (Å²) < 4.78 is 0. The zero-order valence-electron chi connectivity index (χ0n) is 22.5. The van der Waals surface area contributed by atoms with Crippen molar-refractivity contribution in [3.05, 3.63) is 125 Å². The van der Waals surface area contributed by atoms with Crippen LogP contribution in [0.15, 0.2) is 114 Å². The van der Waals surface area contributed by atoms with Gasteiger partial charge in [-0.15, -0.1) is 11.8 Å². The van der Waals surface area contributed by atoms with Crippen LogP contribution >= 0.6 is 23.4 Å². The molecule has 4 amide bonds. The Morgan fingerprint density at radius 3 is 1.93 bits per heavy atom. The lowest BCUT2D eigenvalue weighted by atomic mass is 10.1. The number of hydrogen-bond acceptors (Lipinski definition) is 5. The molecule has 10 heteroatoms. The summed E-state index contributed by atoms with van der Waals surface area (Å²) in [5.41, 5.74) is 2.78. The normalized spacial score (nSPS) is 10.9. The lowest BCUT2D eigenvalue weighted by Gasteiger charge is -2.12. The predicted molar refractivity (Wildman–Crippen MR) is 169 cm³/mol. The zero-order chi connectivity index (χ0) is 29.9. The second-order valence-electron chi connectivity index (χ2n) is 8.97. The minimum Gasteiger partial charge on any atom is -0.326 e. The summed E-state index contributed by atoms with van der Waals surface area (Å²) in [4.78, 5) is 50.4. The number of halogens is 1. The van der Waals surface area contributed by atoms with Crippen LogP contribution in [-0.2, 0) is 14.4 Å². The van der Waals surface area contributed by atoms with E-state index in [9.17, 15) is 19.2 Å². The second kappa shape index (κ2) is 14.7. The van der Waals surface area contributed by atoms with E-state index in [1.807, 2.05) is 0 Å². The molecule has 4 rings (SSSR count).